The van der Waals surface area contributed by atoms with E-state index >= 15 is 0 Å². The van der Waals surface area contributed by atoms with Crippen molar-refractivity contribution in [2.24, 2.45) is 0 Å². The lowest BCUT2D eigenvalue weighted by Crippen LogP contribution is -2.41. The lowest BCUT2D eigenvalue weighted by atomic mass is 10.1. The fraction of sp³-hybridized carbons (Fsp3) is 0.250. The second-order valence-electron chi connectivity index (χ2n) is 6.40. The zero-order valence-electron chi connectivity index (χ0n) is 15.0. The molecule has 26 heavy (non-hydrogen) atoms. The fourth-order valence-electron chi connectivity index (χ4n) is 2.93. The van der Waals surface area contributed by atoms with Crippen molar-refractivity contribution in [2.45, 2.75) is 19.9 Å². The quantitative estimate of drug-likeness (QED) is 0.827. The van der Waals surface area contributed by atoms with Gasteiger partial charge in [0.05, 0.1) is 18.9 Å². The van der Waals surface area contributed by atoms with Gasteiger partial charge in [0.25, 0.3) is 5.91 Å². The second kappa shape index (κ2) is 6.96. The molecule has 2 aromatic rings. The molecule has 0 N–H and O–H groups in total. The van der Waals surface area contributed by atoms with Crippen LogP contribution in [0.4, 0.5) is 5.69 Å². The first-order valence-electron chi connectivity index (χ1n) is 8.26. The van der Waals surface area contributed by atoms with Crippen molar-refractivity contribution in [3.63, 3.8) is 0 Å². The van der Waals surface area contributed by atoms with Crippen molar-refractivity contribution in [2.75, 3.05) is 17.8 Å². The van der Waals surface area contributed by atoms with Gasteiger partial charge >= 0.3 is 0 Å². The molecule has 0 spiro atoms. The molecule has 0 saturated heterocycles. The summed E-state index contributed by atoms with van der Waals surface area (Å²) >= 11 is 0. The third kappa shape index (κ3) is 3.65. The number of hydrogen-bond donors (Lipinski definition) is 0. The molecule has 1 amide bonds. The van der Waals surface area contributed by atoms with Crippen LogP contribution in [0.25, 0.3) is 0 Å². The maximum absolute atomic E-state index is 13.2. The smallest absolute Gasteiger partial charge is 0.258 e. The predicted molar refractivity (Wildman–Crippen MR) is 102 cm³/mol. The standard InChI is InChI=1S/C20H21NO4S/c1-14-4-7-17(12-15(14)2)21(18-10-11-26(23,24)13-18)20(22)16-5-8-19(25-3)9-6-16/h4-12,18H,13H2,1-3H3/t18-/m1/s1. The number of hydrogen-bond acceptors (Lipinski definition) is 4. The van der Waals surface area contributed by atoms with Gasteiger partial charge in [0.15, 0.2) is 9.84 Å². The molecule has 0 fully saturated rings. The molecule has 1 atom stereocenters. The summed E-state index contributed by atoms with van der Waals surface area (Å²) in [5.41, 5.74) is 3.31. The number of amides is 1. The Morgan fingerprint density at radius 3 is 2.31 bits per heavy atom. The van der Waals surface area contributed by atoms with E-state index in [9.17, 15) is 13.2 Å². The van der Waals surface area contributed by atoms with E-state index in [0.29, 0.717) is 17.0 Å². The number of aryl methyl sites for hydroxylation is 2. The summed E-state index contributed by atoms with van der Waals surface area (Å²) in [5, 5.41) is 1.19. The van der Waals surface area contributed by atoms with Gasteiger partial charge in [-0.05, 0) is 67.4 Å². The van der Waals surface area contributed by atoms with Crippen LogP contribution in [0.5, 0.6) is 5.75 Å². The van der Waals surface area contributed by atoms with Crippen LogP contribution in [0.15, 0.2) is 53.9 Å². The van der Waals surface area contributed by atoms with E-state index in [1.807, 2.05) is 32.0 Å². The molecule has 1 aliphatic rings. The molecule has 0 aromatic heterocycles. The molecule has 0 bridgehead atoms. The highest BCUT2D eigenvalue weighted by molar-refractivity contribution is 7.94. The minimum atomic E-state index is -3.29. The van der Waals surface area contributed by atoms with Crippen LogP contribution >= 0.6 is 0 Å². The summed E-state index contributed by atoms with van der Waals surface area (Å²) in [5.74, 6) is 0.298. The van der Waals surface area contributed by atoms with Crippen molar-refractivity contribution in [1.29, 1.82) is 0 Å². The Morgan fingerprint density at radius 2 is 1.77 bits per heavy atom. The summed E-state index contributed by atoms with van der Waals surface area (Å²) in [6.45, 7) is 3.96. The van der Waals surface area contributed by atoms with Gasteiger partial charge < -0.3 is 9.64 Å². The van der Waals surface area contributed by atoms with Gasteiger partial charge in [0, 0.05) is 16.7 Å². The Balaban J connectivity index is 2.03. The Morgan fingerprint density at radius 1 is 1.08 bits per heavy atom. The molecule has 1 aliphatic heterocycles. The average molecular weight is 371 g/mol. The lowest BCUT2D eigenvalue weighted by molar-refractivity contribution is 0.0983. The Hall–Kier alpha value is -2.60. The molecule has 1 heterocycles. The summed E-state index contributed by atoms with van der Waals surface area (Å²) in [7, 11) is -1.73. The molecule has 2 aromatic carbocycles. The van der Waals surface area contributed by atoms with E-state index in [0.717, 1.165) is 11.1 Å². The highest BCUT2D eigenvalue weighted by Crippen LogP contribution is 2.27. The van der Waals surface area contributed by atoms with Crippen LogP contribution in [0, 0.1) is 13.8 Å². The van der Waals surface area contributed by atoms with Crippen molar-refractivity contribution in [3.8, 4) is 5.75 Å². The zero-order chi connectivity index (χ0) is 18.9. The normalized spacial score (nSPS) is 17.9. The highest BCUT2D eigenvalue weighted by atomic mass is 32.2. The van der Waals surface area contributed by atoms with E-state index in [1.165, 1.54) is 5.41 Å². The van der Waals surface area contributed by atoms with Crippen molar-refractivity contribution < 1.29 is 17.9 Å². The molecule has 136 valence electrons. The van der Waals surface area contributed by atoms with Gasteiger partial charge in [0.2, 0.25) is 0 Å². The Labute approximate surface area is 153 Å². The Bertz CT molecular complexity index is 962. The molecule has 0 unspecified atom stereocenters. The first kappa shape index (κ1) is 18.2. The molecular weight excluding hydrogens is 350 g/mol. The SMILES string of the molecule is COc1ccc(C(=O)N(c2ccc(C)c(C)c2)[C@@H]2C=CS(=O)(=O)C2)cc1. The zero-order valence-corrected chi connectivity index (χ0v) is 15.8. The van der Waals surface area contributed by atoms with Gasteiger partial charge in [-0.15, -0.1) is 0 Å². The Kier molecular flexibility index (Phi) is 4.87. The van der Waals surface area contributed by atoms with Gasteiger partial charge in [-0.3, -0.25) is 4.79 Å². The molecule has 0 saturated carbocycles. The second-order valence-corrected chi connectivity index (χ2v) is 8.33. The number of rotatable bonds is 4. The molecular formula is C20H21NO4S. The number of carbonyl (C=O) groups excluding carboxylic acids is 1. The van der Waals surface area contributed by atoms with Crippen LogP contribution in [-0.2, 0) is 9.84 Å². The first-order chi connectivity index (χ1) is 12.3. The minimum Gasteiger partial charge on any atom is -0.497 e. The van der Waals surface area contributed by atoms with Gasteiger partial charge in [-0.25, -0.2) is 8.42 Å². The summed E-state index contributed by atoms with van der Waals surface area (Å²) in [4.78, 5) is 14.7. The summed E-state index contributed by atoms with van der Waals surface area (Å²) in [6.07, 6.45) is 1.58. The number of sulfone groups is 1. The van der Waals surface area contributed by atoms with E-state index in [-0.39, 0.29) is 11.7 Å². The number of carbonyl (C=O) groups is 1. The number of nitrogens with zero attached hydrogens (tertiary/aromatic N) is 1. The van der Waals surface area contributed by atoms with Gasteiger partial charge in [-0.2, -0.15) is 0 Å². The third-order valence-corrected chi connectivity index (χ3v) is 5.95. The van der Waals surface area contributed by atoms with Crippen molar-refractivity contribution in [3.05, 3.63) is 70.6 Å². The maximum Gasteiger partial charge on any atom is 0.258 e. The highest BCUT2D eigenvalue weighted by Gasteiger charge is 2.32. The average Bonchev–Trinajstić information content (AvgIpc) is 2.97. The van der Waals surface area contributed by atoms with Crippen LogP contribution < -0.4 is 9.64 Å². The predicted octanol–water partition coefficient (Wildman–Crippen LogP) is 3.27. The lowest BCUT2D eigenvalue weighted by Gasteiger charge is -2.28. The van der Waals surface area contributed by atoms with Crippen LogP contribution in [0.1, 0.15) is 21.5 Å². The van der Waals surface area contributed by atoms with Crippen molar-refractivity contribution >= 4 is 21.4 Å². The molecule has 6 heteroatoms. The van der Waals surface area contributed by atoms with Crippen LogP contribution in [-0.4, -0.2) is 33.2 Å². The van der Waals surface area contributed by atoms with E-state index in [2.05, 4.69) is 0 Å². The van der Waals surface area contributed by atoms with Gasteiger partial charge in [-0.1, -0.05) is 6.07 Å². The molecule has 5 nitrogen and oxygen atoms in total. The number of anilines is 1. The largest absolute Gasteiger partial charge is 0.497 e. The first-order valence-corrected chi connectivity index (χ1v) is 9.98. The molecule has 3 rings (SSSR count). The minimum absolute atomic E-state index is 0.109. The fourth-order valence-corrected chi connectivity index (χ4v) is 4.20. The summed E-state index contributed by atoms with van der Waals surface area (Å²) in [6, 6.07) is 12.0. The van der Waals surface area contributed by atoms with Crippen molar-refractivity contribution in [1.82, 2.24) is 0 Å². The van der Waals surface area contributed by atoms with Gasteiger partial charge in [0.1, 0.15) is 5.75 Å². The maximum atomic E-state index is 13.2. The number of ether oxygens (including phenoxy) is 1. The van der Waals surface area contributed by atoms with Crippen LogP contribution in [0.2, 0.25) is 0 Å². The number of methoxy groups -OCH3 is 1. The van der Waals surface area contributed by atoms with E-state index < -0.39 is 15.9 Å². The topological polar surface area (TPSA) is 63.7 Å². The molecule has 0 aliphatic carbocycles. The summed E-state index contributed by atoms with van der Waals surface area (Å²) < 4.78 is 28.9. The molecule has 0 radical (unpaired) electrons. The third-order valence-electron chi connectivity index (χ3n) is 4.57. The monoisotopic (exact) mass is 371 g/mol. The van der Waals surface area contributed by atoms with E-state index in [4.69, 9.17) is 4.74 Å². The number of benzene rings is 2. The van der Waals surface area contributed by atoms with E-state index in [1.54, 1.807) is 42.4 Å². The van der Waals surface area contributed by atoms with Crippen LogP contribution in [0.3, 0.4) is 0 Å².